The van der Waals surface area contributed by atoms with Crippen LogP contribution in [0.25, 0.3) is 0 Å². The minimum absolute atomic E-state index is 0.510. The molecule has 0 radical (unpaired) electrons. The topological polar surface area (TPSA) is 0 Å². The molecule has 0 aromatic heterocycles. The van der Waals surface area contributed by atoms with Crippen LogP contribution in [0.3, 0.4) is 0 Å². The molecule has 0 N–H and O–H groups in total. The van der Waals surface area contributed by atoms with Crippen molar-refractivity contribution in [2.45, 2.75) is 118 Å². The van der Waals surface area contributed by atoms with Gasteiger partial charge in [-0.2, -0.15) is 0 Å². The van der Waals surface area contributed by atoms with Gasteiger partial charge in [-0.3, -0.25) is 0 Å². The zero-order chi connectivity index (χ0) is 25.0. The Morgan fingerprint density at radius 3 is 0.375 bits per heavy atom. The number of hydrogen-bond donors (Lipinski definition) is 0. The average Bonchev–Trinajstić information content (AvgIpc) is 3.24. The fraction of sp³-hybridized carbons (Fsp3) is 1.00. The SMILES string of the molecule is C[Si](C)(C)[Si]12[Si]3([Si](C)(C)C)[Si]1([Si](C)(C)C)[Si]23[Si]12[Si]3([Si](C)(C)C)[Si]1([Si](C)(C)C)[Si]32[Si](C)(C)C. The highest BCUT2D eigenvalue weighted by Gasteiger charge is 3.57. The third-order valence-electron chi connectivity index (χ3n) is 13.6. The molecule has 32 heavy (non-hydrogen) atoms. The van der Waals surface area contributed by atoms with Gasteiger partial charge in [-0.15, -0.1) is 0 Å². The van der Waals surface area contributed by atoms with Crippen molar-refractivity contribution < 1.29 is 0 Å². The van der Waals surface area contributed by atoms with Gasteiger partial charge in [0, 0.05) is 94.7 Å². The van der Waals surface area contributed by atoms with E-state index in [0.29, 0.717) is 0 Å². The quantitative estimate of drug-likeness (QED) is 0.330. The molecule has 14 heteroatoms. The highest BCUT2D eigenvalue weighted by atomic mass is 31.6. The zero-order valence-corrected chi connectivity index (χ0v) is 39.0. The lowest BCUT2D eigenvalue weighted by atomic mass is 11.8. The van der Waals surface area contributed by atoms with Gasteiger partial charge in [0.25, 0.3) is 0 Å². The van der Waals surface area contributed by atoms with Gasteiger partial charge < -0.3 is 0 Å². The van der Waals surface area contributed by atoms with Gasteiger partial charge in [0.15, 0.2) is 0 Å². The Balaban J connectivity index is 1.69. The van der Waals surface area contributed by atoms with Crippen LogP contribution in [0.2, 0.25) is 118 Å². The minimum atomic E-state index is -0.838. The molecule has 8 rings (SSSR count). The summed E-state index contributed by atoms with van der Waals surface area (Å²) >= 11 is 0. The first-order chi connectivity index (χ1) is 13.8. The zero-order valence-electron chi connectivity index (χ0n) is 25.0. The van der Waals surface area contributed by atoms with Gasteiger partial charge >= 0.3 is 0 Å². The molecule has 0 aliphatic carbocycles. The van der Waals surface area contributed by atoms with Crippen molar-refractivity contribution in [3.05, 3.63) is 0 Å². The van der Waals surface area contributed by atoms with Crippen LogP contribution in [0.1, 0.15) is 0 Å². The summed E-state index contributed by atoms with van der Waals surface area (Å²) in [5.74, 6) is 0. The number of hydrogen-bond acceptors (Lipinski definition) is 0. The molecule has 0 bridgehead atoms. The maximum Gasteiger partial charge on any atom is 0.0289 e. The predicted octanol–water partition coefficient (Wildman–Crippen LogP) is 5.18. The second kappa shape index (κ2) is 4.90. The fourth-order valence-corrected chi connectivity index (χ4v) is 2170. The Labute approximate surface area is 210 Å². The lowest BCUT2D eigenvalue weighted by molar-refractivity contribution is 1.85. The van der Waals surface area contributed by atoms with Gasteiger partial charge in [-0.1, -0.05) is 118 Å². The van der Waals surface area contributed by atoms with Crippen molar-refractivity contribution in [2.75, 3.05) is 0 Å². The average molecular weight is 664 g/mol. The number of rotatable bonds is 7. The third-order valence-corrected chi connectivity index (χ3v) is 680. The van der Waals surface area contributed by atoms with Crippen molar-refractivity contribution in [1.29, 1.82) is 0 Å². The van der Waals surface area contributed by atoms with Crippen LogP contribution >= 0.6 is 0 Å². The van der Waals surface area contributed by atoms with Crippen molar-refractivity contribution in [2.24, 2.45) is 0 Å². The van der Waals surface area contributed by atoms with Crippen molar-refractivity contribution in [3.63, 3.8) is 0 Å². The van der Waals surface area contributed by atoms with Gasteiger partial charge in [0.1, 0.15) is 0 Å². The van der Waals surface area contributed by atoms with Gasteiger partial charge in [-0.25, -0.2) is 0 Å². The molecule has 8 aliphatic rings. The molecule has 0 amide bonds. The molecule has 182 valence electrons. The molecule has 0 aromatic carbocycles. The summed E-state index contributed by atoms with van der Waals surface area (Å²) in [5, 5.41) is 0. The van der Waals surface area contributed by atoms with Gasteiger partial charge in [0.2, 0.25) is 0 Å². The van der Waals surface area contributed by atoms with E-state index in [9.17, 15) is 0 Å². The van der Waals surface area contributed by atoms with E-state index in [-0.39, 0.29) is 0 Å². The lowest BCUT2D eigenvalue weighted by Gasteiger charge is -2.20. The van der Waals surface area contributed by atoms with E-state index in [4.69, 9.17) is 0 Å². The first-order valence-electron chi connectivity index (χ1n) is 13.8. The summed E-state index contributed by atoms with van der Waals surface area (Å²) in [6, 6.07) is 0. The predicted molar refractivity (Wildman–Crippen MR) is 186 cm³/mol. The lowest BCUT2D eigenvalue weighted by Crippen LogP contribution is -2.45. The van der Waals surface area contributed by atoms with Crippen LogP contribution in [0, 0.1) is 0 Å². The summed E-state index contributed by atoms with van der Waals surface area (Å²) in [6.45, 7) is 55.1. The molecule has 0 nitrogen and oxygen atoms in total. The summed E-state index contributed by atoms with van der Waals surface area (Å²) in [6.07, 6.45) is -4.36. The smallest absolute Gasteiger partial charge is 0.0289 e. The first-order valence-corrected chi connectivity index (χ1v) is 69.8. The van der Waals surface area contributed by atoms with Crippen molar-refractivity contribution in [1.82, 2.24) is 0 Å². The summed E-state index contributed by atoms with van der Waals surface area (Å²) < 4.78 is 0. The molecule has 8 aliphatic heterocycles. The van der Waals surface area contributed by atoms with Gasteiger partial charge in [0.05, 0.1) is 0 Å². The standard InChI is InChI=1S/C18H54Si14/c1-19(2,3)25-26(20(4,5)6)27(25,21(7,8)9)31(25,26)32-28(22(10,11)12)29(32,23(13,14)15)30(28,32)24(16,17)18/h1-18H3. The van der Waals surface area contributed by atoms with E-state index in [1.54, 1.807) is 0 Å². The second-order valence-electron chi connectivity index (χ2n) is 19.5. The molecule has 0 unspecified atom stereocenters. The van der Waals surface area contributed by atoms with Crippen LogP contribution in [0.4, 0.5) is 0 Å². The Morgan fingerprint density at radius 1 is 0.219 bits per heavy atom. The Kier molecular flexibility index (Phi) is 3.88. The first kappa shape index (κ1) is 25.3. The maximum atomic E-state index is 3.06. The molecular weight excluding hydrogens is 609 g/mol. The van der Waals surface area contributed by atoms with Crippen LogP contribution in [0.5, 0.6) is 0 Å². The van der Waals surface area contributed by atoms with E-state index in [1.807, 2.05) is 0 Å². The summed E-state index contributed by atoms with van der Waals surface area (Å²) in [4.78, 5) is 0. The Morgan fingerprint density at radius 2 is 0.312 bits per heavy atom. The highest BCUT2D eigenvalue weighted by molar-refractivity contribution is 9.28. The molecule has 0 aromatic rings. The van der Waals surface area contributed by atoms with Crippen LogP contribution < -0.4 is 0 Å². The van der Waals surface area contributed by atoms with Crippen LogP contribution in [-0.4, -0.2) is 94.7 Å². The monoisotopic (exact) mass is 662 g/mol. The summed E-state index contributed by atoms with van der Waals surface area (Å²) in [5.41, 5.74) is 0. The van der Waals surface area contributed by atoms with E-state index in [0.717, 1.165) is 0 Å². The van der Waals surface area contributed by atoms with Crippen molar-refractivity contribution >= 4 is 94.7 Å². The molecular formula is C18H54Si14. The molecule has 8 fully saturated rings. The Hall–Kier alpha value is 3.04. The van der Waals surface area contributed by atoms with Crippen molar-refractivity contribution in [3.8, 4) is 0 Å². The molecule has 0 spiro atoms. The second-order valence-corrected chi connectivity index (χ2v) is 230. The molecule has 0 atom stereocenters. The van der Waals surface area contributed by atoms with Gasteiger partial charge in [-0.05, 0) is 0 Å². The maximum absolute atomic E-state index is 3.06. The van der Waals surface area contributed by atoms with E-state index < -0.39 is 94.7 Å². The largest absolute Gasteiger partial charge is 0.0721 e. The highest BCUT2D eigenvalue weighted by Crippen LogP contribution is 3.19. The van der Waals surface area contributed by atoms with Crippen LogP contribution in [-0.2, 0) is 0 Å². The minimum Gasteiger partial charge on any atom is -0.0721 e. The Bertz CT molecular complexity index is 807. The molecule has 8 saturated heterocycles. The van der Waals surface area contributed by atoms with E-state index in [1.165, 1.54) is 0 Å². The normalized spacial score (nSPS) is 58.7. The third kappa shape index (κ3) is 1.36. The summed E-state index contributed by atoms with van der Waals surface area (Å²) in [7, 11) is -5.03. The molecule has 0 saturated carbocycles. The fourth-order valence-electron chi connectivity index (χ4n) is 15.9. The van der Waals surface area contributed by atoms with E-state index >= 15 is 0 Å². The molecule has 8 heterocycles. The van der Waals surface area contributed by atoms with E-state index in [2.05, 4.69) is 118 Å². The van der Waals surface area contributed by atoms with Crippen LogP contribution in [0.15, 0.2) is 0 Å².